The number of fused-ring (bicyclic) bond motifs is 2. The van der Waals surface area contributed by atoms with Crippen molar-refractivity contribution in [3.63, 3.8) is 0 Å². The second-order valence-corrected chi connectivity index (χ2v) is 8.17. The fourth-order valence-corrected chi connectivity index (χ4v) is 4.63. The molecule has 12 nitrogen and oxygen atoms in total. The molecule has 5 rings (SSSR count). The SMILES string of the molecule is COC(=O)Oc1ccc2c3ccc(OC(=O)OC)c4c(OC(=O)OC)ccc(c5ccc(OC(=O)OC)c1c25)c43. The van der Waals surface area contributed by atoms with Crippen molar-refractivity contribution in [1.29, 1.82) is 0 Å². The fourth-order valence-electron chi connectivity index (χ4n) is 4.63. The van der Waals surface area contributed by atoms with E-state index in [1.54, 1.807) is 24.3 Å². The van der Waals surface area contributed by atoms with Gasteiger partial charge in [-0.1, -0.05) is 0 Å². The molecule has 40 heavy (non-hydrogen) atoms. The zero-order valence-electron chi connectivity index (χ0n) is 21.5. The zero-order valence-corrected chi connectivity index (χ0v) is 21.5. The number of benzene rings is 5. The lowest BCUT2D eigenvalue weighted by molar-refractivity contribution is 0.119. The average Bonchev–Trinajstić information content (AvgIpc) is 2.97. The van der Waals surface area contributed by atoms with Gasteiger partial charge in [0.15, 0.2) is 0 Å². The predicted octanol–water partition coefficient (Wildman–Crippen LogP) is 6.32. The summed E-state index contributed by atoms with van der Waals surface area (Å²) in [7, 11) is 4.66. The van der Waals surface area contributed by atoms with Crippen molar-refractivity contribution in [2.75, 3.05) is 28.4 Å². The Morgan fingerprint density at radius 2 is 0.600 bits per heavy atom. The standard InChI is InChI=1S/C28H20O12/c1-33-25(29)37-17-9-5-13-15-7-11-19(39-27(31)35-3)24-20(40-28(32)36-4)12-8-16(22(15)24)14-6-10-18(23(17)21(13)14)38-26(30)34-2/h5-12H,1-4H3. The first-order valence-corrected chi connectivity index (χ1v) is 11.5. The van der Waals surface area contributed by atoms with Crippen LogP contribution >= 0.6 is 0 Å². The van der Waals surface area contributed by atoms with Crippen molar-refractivity contribution in [3.8, 4) is 23.0 Å². The van der Waals surface area contributed by atoms with Gasteiger partial charge in [-0.25, -0.2) is 19.2 Å². The quantitative estimate of drug-likeness (QED) is 0.0815. The van der Waals surface area contributed by atoms with Crippen molar-refractivity contribution in [1.82, 2.24) is 0 Å². The Hall–Kier alpha value is -5.52. The molecule has 0 heterocycles. The van der Waals surface area contributed by atoms with Crippen molar-refractivity contribution >= 4 is 67.7 Å². The van der Waals surface area contributed by atoms with Gasteiger partial charge >= 0.3 is 24.6 Å². The molecule has 204 valence electrons. The van der Waals surface area contributed by atoms with Gasteiger partial charge in [0.25, 0.3) is 0 Å². The third-order valence-corrected chi connectivity index (χ3v) is 6.19. The highest BCUT2D eigenvalue weighted by atomic mass is 16.7. The van der Waals surface area contributed by atoms with Gasteiger partial charge in [0.2, 0.25) is 0 Å². The Kier molecular flexibility index (Phi) is 6.74. The van der Waals surface area contributed by atoms with Crippen LogP contribution in [0, 0.1) is 0 Å². The molecule has 0 spiro atoms. The summed E-state index contributed by atoms with van der Waals surface area (Å²) in [5, 5.41) is 4.36. The van der Waals surface area contributed by atoms with Crippen LogP contribution in [0.25, 0.3) is 43.1 Å². The van der Waals surface area contributed by atoms with Crippen LogP contribution in [0.5, 0.6) is 23.0 Å². The van der Waals surface area contributed by atoms with Crippen LogP contribution in [0.4, 0.5) is 19.2 Å². The maximum atomic E-state index is 12.0. The number of ether oxygens (including phenoxy) is 8. The third-order valence-electron chi connectivity index (χ3n) is 6.19. The number of hydrogen-bond donors (Lipinski definition) is 0. The van der Waals surface area contributed by atoms with Crippen LogP contribution in [-0.2, 0) is 18.9 Å². The smallest absolute Gasteiger partial charge is 0.437 e. The summed E-state index contributed by atoms with van der Waals surface area (Å²) in [6.45, 7) is 0. The largest absolute Gasteiger partial charge is 0.513 e. The molecule has 12 heteroatoms. The normalized spacial score (nSPS) is 10.9. The first kappa shape index (κ1) is 26.1. The highest BCUT2D eigenvalue weighted by molar-refractivity contribution is 6.35. The van der Waals surface area contributed by atoms with E-state index in [9.17, 15) is 19.2 Å². The van der Waals surface area contributed by atoms with Crippen LogP contribution in [0.3, 0.4) is 0 Å². The molecule has 5 aromatic carbocycles. The van der Waals surface area contributed by atoms with Gasteiger partial charge in [0.05, 0.1) is 39.2 Å². The first-order chi connectivity index (χ1) is 19.3. The summed E-state index contributed by atoms with van der Waals surface area (Å²) in [6, 6.07) is 12.9. The lowest BCUT2D eigenvalue weighted by atomic mass is 9.88. The summed E-state index contributed by atoms with van der Waals surface area (Å²) < 4.78 is 40.2. The van der Waals surface area contributed by atoms with Gasteiger partial charge in [-0.2, -0.15) is 0 Å². The molecule has 0 radical (unpaired) electrons. The number of methoxy groups -OCH3 is 4. The van der Waals surface area contributed by atoms with Crippen molar-refractivity contribution in [3.05, 3.63) is 48.5 Å². The van der Waals surface area contributed by atoms with E-state index in [4.69, 9.17) is 18.9 Å². The van der Waals surface area contributed by atoms with E-state index in [-0.39, 0.29) is 23.0 Å². The molecule has 0 unspecified atom stereocenters. The molecule has 0 aromatic heterocycles. The van der Waals surface area contributed by atoms with Gasteiger partial charge in [-0.3, -0.25) is 0 Å². The van der Waals surface area contributed by atoms with E-state index in [0.717, 1.165) is 28.4 Å². The topological polar surface area (TPSA) is 142 Å². The third kappa shape index (κ3) is 4.30. The van der Waals surface area contributed by atoms with Gasteiger partial charge < -0.3 is 37.9 Å². The highest BCUT2D eigenvalue weighted by Crippen LogP contribution is 2.49. The molecule has 0 aliphatic rings. The van der Waals surface area contributed by atoms with E-state index >= 15 is 0 Å². The lowest BCUT2D eigenvalue weighted by Gasteiger charge is -2.20. The van der Waals surface area contributed by atoms with Gasteiger partial charge in [0, 0.05) is 10.8 Å². The monoisotopic (exact) mass is 548 g/mol. The summed E-state index contributed by atoms with van der Waals surface area (Å²) in [4.78, 5) is 48.2. The minimum Gasteiger partial charge on any atom is -0.437 e. The number of hydrogen-bond acceptors (Lipinski definition) is 12. The summed E-state index contributed by atoms with van der Waals surface area (Å²) in [5.41, 5.74) is 0. The second kappa shape index (κ2) is 10.3. The van der Waals surface area contributed by atoms with Crippen molar-refractivity contribution < 1.29 is 57.1 Å². The molecule has 0 aliphatic carbocycles. The molecule has 0 amide bonds. The Labute approximate surface area is 225 Å². The van der Waals surface area contributed by atoms with E-state index in [2.05, 4.69) is 18.9 Å². The molecule has 0 saturated heterocycles. The molecule has 0 N–H and O–H groups in total. The molecule has 0 aliphatic heterocycles. The van der Waals surface area contributed by atoms with Crippen molar-refractivity contribution in [2.45, 2.75) is 0 Å². The lowest BCUT2D eigenvalue weighted by Crippen LogP contribution is -2.11. The molecule has 0 atom stereocenters. The summed E-state index contributed by atoms with van der Waals surface area (Å²) in [6.07, 6.45) is -3.90. The Balaban J connectivity index is 1.93. The Morgan fingerprint density at radius 3 is 0.800 bits per heavy atom. The fraction of sp³-hybridized carbons (Fsp3) is 0.143. The first-order valence-electron chi connectivity index (χ1n) is 11.5. The number of carbonyl (C=O) groups excluding carboxylic acids is 4. The van der Waals surface area contributed by atoms with Crippen LogP contribution in [0.1, 0.15) is 0 Å². The Bertz CT molecular complexity index is 1570. The second-order valence-electron chi connectivity index (χ2n) is 8.17. The van der Waals surface area contributed by atoms with Crippen LogP contribution in [0.2, 0.25) is 0 Å². The Morgan fingerprint density at radius 1 is 0.375 bits per heavy atom. The molecule has 0 saturated carbocycles. The maximum Gasteiger partial charge on any atom is 0.513 e. The van der Waals surface area contributed by atoms with Gasteiger partial charge in [0.1, 0.15) is 23.0 Å². The van der Waals surface area contributed by atoms with Crippen LogP contribution < -0.4 is 18.9 Å². The number of carbonyl (C=O) groups is 4. The minimum atomic E-state index is -0.975. The van der Waals surface area contributed by atoms with E-state index in [1.165, 1.54) is 24.3 Å². The molecule has 0 bridgehead atoms. The zero-order chi connectivity index (χ0) is 28.6. The van der Waals surface area contributed by atoms with Crippen LogP contribution in [-0.4, -0.2) is 53.1 Å². The van der Waals surface area contributed by atoms with E-state index in [0.29, 0.717) is 43.1 Å². The van der Waals surface area contributed by atoms with E-state index in [1.807, 2.05) is 0 Å². The predicted molar refractivity (Wildman–Crippen MR) is 140 cm³/mol. The summed E-state index contributed by atoms with van der Waals surface area (Å²) >= 11 is 0. The molecule has 0 fully saturated rings. The van der Waals surface area contributed by atoms with Gasteiger partial charge in [-0.15, -0.1) is 0 Å². The highest BCUT2D eigenvalue weighted by Gasteiger charge is 2.25. The van der Waals surface area contributed by atoms with E-state index < -0.39 is 24.6 Å². The van der Waals surface area contributed by atoms with Crippen LogP contribution in [0.15, 0.2) is 48.5 Å². The average molecular weight is 548 g/mol. The van der Waals surface area contributed by atoms with Gasteiger partial charge in [-0.05, 0) is 70.1 Å². The van der Waals surface area contributed by atoms with Crippen molar-refractivity contribution in [2.24, 2.45) is 0 Å². The maximum absolute atomic E-state index is 12.0. The molecule has 5 aromatic rings. The molecular weight excluding hydrogens is 528 g/mol. The summed E-state index contributed by atoms with van der Waals surface area (Å²) in [5.74, 6) is 0.286. The molecular formula is C28H20O12. The minimum absolute atomic E-state index is 0.0716. The number of rotatable bonds is 4.